The molecule has 0 spiro atoms. The monoisotopic (exact) mass is 389 g/mol. The highest BCUT2D eigenvalue weighted by Gasteiger charge is 2.26. The van der Waals surface area contributed by atoms with Gasteiger partial charge in [-0.15, -0.1) is 12.4 Å². The molecule has 1 fully saturated rings. The Balaban J connectivity index is 0.00000312. The SMILES string of the molecule is CC(NC(=O)C1CCCC(N)C1)c1ccc(S(=O)(=O)N(C)C)cc1.Cl. The molecule has 3 atom stereocenters. The van der Waals surface area contributed by atoms with Crippen LogP contribution in [-0.4, -0.2) is 38.8 Å². The molecular weight excluding hydrogens is 362 g/mol. The molecule has 142 valence electrons. The summed E-state index contributed by atoms with van der Waals surface area (Å²) in [6, 6.07) is 6.57. The quantitative estimate of drug-likeness (QED) is 0.806. The average molecular weight is 390 g/mol. The number of halogens is 1. The number of nitrogens with zero attached hydrogens (tertiary/aromatic N) is 1. The Morgan fingerprint density at radius 3 is 2.36 bits per heavy atom. The molecule has 1 aliphatic carbocycles. The lowest BCUT2D eigenvalue weighted by Gasteiger charge is -2.27. The molecule has 0 bridgehead atoms. The number of hydrogen-bond donors (Lipinski definition) is 2. The van der Waals surface area contributed by atoms with Gasteiger partial charge in [0.15, 0.2) is 0 Å². The van der Waals surface area contributed by atoms with Crippen LogP contribution in [0.2, 0.25) is 0 Å². The number of nitrogens with two attached hydrogens (primary N) is 1. The van der Waals surface area contributed by atoms with Crippen LogP contribution in [0, 0.1) is 5.92 Å². The van der Waals surface area contributed by atoms with Gasteiger partial charge in [0.05, 0.1) is 10.9 Å². The molecule has 1 aromatic rings. The first-order valence-corrected chi connectivity index (χ1v) is 9.74. The van der Waals surface area contributed by atoms with Gasteiger partial charge in [-0.25, -0.2) is 12.7 Å². The zero-order chi connectivity index (χ0) is 17.9. The van der Waals surface area contributed by atoms with Crippen molar-refractivity contribution in [2.75, 3.05) is 14.1 Å². The van der Waals surface area contributed by atoms with Crippen molar-refractivity contribution in [2.24, 2.45) is 11.7 Å². The third kappa shape index (κ3) is 5.41. The van der Waals surface area contributed by atoms with Crippen LogP contribution < -0.4 is 11.1 Å². The maximum atomic E-state index is 12.4. The van der Waals surface area contributed by atoms with Crippen molar-refractivity contribution in [1.29, 1.82) is 0 Å². The van der Waals surface area contributed by atoms with Gasteiger partial charge in [-0.3, -0.25) is 4.79 Å². The molecule has 3 N–H and O–H groups in total. The molecule has 1 aliphatic rings. The smallest absolute Gasteiger partial charge is 0.242 e. The molecule has 3 unspecified atom stereocenters. The van der Waals surface area contributed by atoms with Crippen molar-refractivity contribution in [3.05, 3.63) is 29.8 Å². The summed E-state index contributed by atoms with van der Waals surface area (Å²) in [7, 11) is -0.432. The van der Waals surface area contributed by atoms with Crippen molar-refractivity contribution in [3.63, 3.8) is 0 Å². The summed E-state index contributed by atoms with van der Waals surface area (Å²) in [6.45, 7) is 1.90. The predicted molar refractivity (Wildman–Crippen MR) is 101 cm³/mol. The molecule has 1 amide bonds. The van der Waals surface area contributed by atoms with Crippen LogP contribution in [0.25, 0.3) is 0 Å². The zero-order valence-corrected chi connectivity index (χ0v) is 16.6. The molecular formula is C17H28ClN3O3S. The minimum atomic E-state index is -3.43. The average Bonchev–Trinajstić information content (AvgIpc) is 2.54. The van der Waals surface area contributed by atoms with Gasteiger partial charge >= 0.3 is 0 Å². The first-order chi connectivity index (χ1) is 11.2. The number of carbonyl (C=O) groups excluding carboxylic acids is 1. The van der Waals surface area contributed by atoms with Gasteiger partial charge < -0.3 is 11.1 Å². The molecule has 0 aliphatic heterocycles. The first-order valence-electron chi connectivity index (χ1n) is 8.30. The van der Waals surface area contributed by atoms with Crippen molar-refractivity contribution in [1.82, 2.24) is 9.62 Å². The van der Waals surface area contributed by atoms with E-state index in [1.807, 2.05) is 6.92 Å². The van der Waals surface area contributed by atoms with E-state index in [2.05, 4.69) is 5.32 Å². The lowest BCUT2D eigenvalue weighted by Crippen LogP contribution is -2.38. The summed E-state index contributed by atoms with van der Waals surface area (Å²) in [6.07, 6.45) is 3.59. The standard InChI is InChI=1S/C17H27N3O3S.ClH/c1-12(19-17(21)14-5-4-6-15(18)11-14)13-7-9-16(10-8-13)24(22,23)20(2)3;/h7-10,12,14-15H,4-6,11,18H2,1-3H3,(H,19,21);1H. The van der Waals surface area contributed by atoms with Crippen molar-refractivity contribution < 1.29 is 13.2 Å². The highest BCUT2D eigenvalue weighted by Crippen LogP contribution is 2.24. The lowest BCUT2D eigenvalue weighted by molar-refractivity contribution is -0.126. The Kier molecular flexibility index (Phi) is 7.87. The van der Waals surface area contributed by atoms with Gasteiger partial charge in [-0.2, -0.15) is 0 Å². The lowest BCUT2D eigenvalue weighted by atomic mass is 9.85. The van der Waals surface area contributed by atoms with E-state index in [4.69, 9.17) is 5.73 Å². The molecule has 6 nitrogen and oxygen atoms in total. The normalized spacial score (nSPS) is 22.1. The Bertz CT molecular complexity index is 677. The Morgan fingerprint density at radius 2 is 1.84 bits per heavy atom. The third-order valence-corrected chi connectivity index (χ3v) is 6.43. The molecule has 8 heteroatoms. The van der Waals surface area contributed by atoms with Gasteiger partial charge in [-0.05, 0) is 43.9 Å². The molecule has 0 saturated heterocycles. The van der Waals surface area contributed by atoms with Crippen LogP contribution in [0.5, 0.6) is 0 Å². The minimum absolute atomic E-state index is 0. The summed E-state index contributed by atoms with van der Waals surface area (Å²) >= 11 is 0. The highest BCUT2D eigenvalue weighted by molar-refractivity contribution is 7.89. The van der Waals surface area contributed by atoms with E-state index in [0.717, 1.165) is 31.2 Å². The predicted octanol–water partition coefficient (Wildman–Crippen LogP) is 2.05. The molecule has 1 aromatic carbocycles. The maximum Gasteiger partial charge on any atom is 0.242 e. The van der Waals surface area contributed by atoms with Crippen LogP contribution >= 0.6 is 12.4 Å². The number of benzene rings is 1. The van der Waals surface area contributed by atoms with E-state index >= 15 is 0 Å². The van der Waals surface area contributed by atoms with E-state index in [-0.39, 0.29) is 41.2 Å². The minimum Gasteiger partial charge on any atom is -0.349 e. The molecule has 0 heterocycles. The highest BCUT2D eigenvalue weighted by atomic mass is 35.5. The van der Waals surface area contributed by atoms with Crippen molar-refractivity contribution >= 4 is 28.3 Å². The largest absolute Gasteiger partial charge is 0.349 e. The summed E-state index contributed by atoms with van der Waals surface area (Å²) in [4.78, 5) is 12.6. The number of carbonyl (C=O) groups is 1. The molecule has 0 aromatic heterocycles. The molecule has 1 saturated carbocycles. The van der Waals surface area contributed by atoms with E-state index in [1.165, 1.54) is 18.4 Å². The van der Waals surface area contributed by atoms with Gasteiger partial charge in [0.2, 0.25) is 15.9 Å². The molecule has 0 radical (unpaired) electrons. The van der Waals surface area contributed by atoms with Gasteiger partial charge in [0, 0.05) is 26.1 Å². The summed E-state index contributed by atoms with van der Waals surface area (Å²) in [5.41, 5.74) is 6.82. The number of rotatable bonds is 5. The fourth-order valence-electron chi connectivity index (χ4n) is 3.02. The topological polar surface area (TPSA) is 92.5 Å². The summed E-state index contributed by atoms with van der Waals surface area (Å²) in [5.74, 6) is 0.00670. The van der Waals surface area contributed by atoms with Crippen LogP contribution in [0.4, 0.5) is 0 Å². The fraction of sp³-hybridized carbons (Fsp3) is 0.588. The Morgan fingerprint density at radius 1 is 1.24 bits per heavy atom. The Hall–Kier alpha value is -1.15. The zero-order valence-electron chi connectivity index (χ0n) is 14.9. The van der Waals surface area contributed by atoms with E-state index < -0.39 is 10.0 Å². The van der Waals surface area contributed by atoms with Gasteiger partial charge in [-0.1, -0.05) is 18.6 Å². The van der Waals surface area contributed by atoms with Gasteiger partial charge in [0.25, 0.3) is 0 Å². The van der Waals surface area contributed by atoms with Crippen LogP contribution in [0.1, 0.15) is 44.2 Å². The summed E-state index contributed by atoms with van der Waals surface area (Å²) in [5, 5.41) is 3.01. The van der Waals surface area contributed by atoms with E-state index in [9.17, 15) is 13.2 Å². The molecule has 2 rings (SSSR count). The van der Waals surface area contributed by atoms with E-state index in [0.29, 0.717) is 0 Å². The molecule has 25 heavy (non-hydrogen) atoms. The van der Waals surface area contributed by atoms with Crippen LogP contribution in [0.3, 0.4) is 0 Å². The number of amides is 1. The van der Waals surface area contributed by atoms with Crippen LogP contribution in [0.15, 0.2) is 29.2 Å². The fourth-order valence-corrected chi connectivity index (χ4v) is 3.92. The third-order valence-electron chi connectivity index (χ3n) is 4.60. The Labute approximate surface area is 156 Å². The van der Waals surface area contributed by atoms with Crippen LogP contribution in [-0.2, 0) is 14.8 Å². The number of hydrogen-bond acceptors (Lipinski definition) is 4. The second-order valence-corrected chi connectivity index (χ2v) is 8.86. The number of sulfonamides is 1. The van der Waals surface area contributed by atoms with Gasteiger partial charge in [0.1, 0.15) is 0 Å². The second-order valence-electron chi connectivity index (χ2n) is 6.71. The first kappa shape index (κ1) is 21.9. The van der Waals surface area contributed by atoms with E-state index in [1.54, 1.807) is 24.3 Å². The second kappa shape index (κ2) is 8.98. The maximum absolute atomic E-state index is 12.4. The van der Waals surface area contributed by atoms with Crippen molar-refractivity contribution in [3.8, 4) is 0 Å². The summed E-state index contributed by atoms with van der Waals surface area (Å²) < 4.78 is 25.3. The van der Waals surface area contributed by atoms with Crippen molar-refractivity contribution in [2.45, 2.75) is 49.6 Å². The number of nitrogens with one attached hydrogen (secondary N) is 1.